The summed E-state index contributed by atoms with van der Waals surface area (Å²) >= 11 is 0. The van der Waals surface area contributed by atoms with E-state index in [2.05, 4.69) is 4.98 Å². The van der Waals surface area contributed by atoms with Crippen LogP contribution in [-0.2, 0) is 18.3 Å². The molecule has 1 aromatic heterocycles. The van der Waals surface area contributed by atoms with E-state index in [0.717, 1.165) is 22.4 Å². The lowest BCUT2D eigenvalue weighted by molar-refractivity contribution is -0.119. The molecule has 0 aliphatic heterocycles. The molecule has 0 radical (unpaired) electrons. The number of imidazole rings is 1. The van der Waals surface area contributed by atoms with Crippen molar-refractivity contribution in [1.29, 1.82) is 0 Å². The van der Waals surface area contributed by atoms with Crippen LogP contribution in [0.15, 0.2) is 18.2 Å². The van der Waals surface area contributed by atoms with Crippen molar-refractivity contribution in [1.82, 2.24) is 9.55 Å². The first kappa shape index (κ1) is 11.6. The highest BCUT2D eigenvalue weighted by Gasteiger charge is 2.11. The SMILES string of the molecule is Cc1nc2cc(CC(N)C(N)=O)ccc2n1C. The molecular formula is C12H16N4O. The number of fused-ring (bicyclic) bond motifs is 1. The molecule has 1 aromatic carbocycles. The predicted molar refractivity (Wildman–Crippen MR) is 66.3 cm³/mol. The number of carbonyl (C=O) groups is 1. The molecule has 5 heteroatoms. The zero-order valence-corrected chi connectivity index (χ0v) is 9.97. The van der Waals surface area contributed by atoms with E-state index >= 15 is 0 Å². The Kier molecular flexibility index (Phi) is 2.85. The summed E-state index contributed by atoms with van der Waals surface area (Å²) in [5.41, 5.74) is 13.7. The van der Waals surface area contributed by atoms with E-state index < -0.39 is 11.9 Å². The number of aromatic nitrogens is 2. The van der Waals surface area contributed by atoms with Crippen molar-refractivity contribution in [2.24, 2.45) is 18.5 Å². The second-order valence-electron chi connectivity index (χ2n) is 4.25. The second-order valence-corrected chi connectivity index (χ2v) is 4.25. The highest BCUT2D eigenvalue weighted by molar-refractivity contribution is 5.80. The molecule has 4 N–H and O–H groups in total. The van der Waals surface area contributed by atoms with Crippen LogP contribution in [0.5, 0.6) is 0 Å². The van der Waals surface area contributed by atoms with E-state index in [1.807, 2.05) is 36.7 Å². The van der Waals surface area contributed by atoms with Gasteiger partial charge in [-0.05, 0) is 31.0 Å². The Labute approximate surface area is 99.4 Å². The van der Waals surface area contributed by atoms with Gasteiger partial charge in [0.2, 0.25) is 5.91 Å². The fraction of sp³-hybridized carbons (Fsp3) is 0.333. The molecule has 5 nitrogen and oxygen atoms in total. The maximum atomic E-state index is 10.9. The van der Waals surface area contributed by atoms with Gasteiger partial charge in [-0.15, -0.1) is 0 Å². The zero-order chi connectivity index (χ0) is 12.6. The van der Waals surface area contributed by atoms with Gasteiger partial charge < -0.3 is 16.0 Å². The molecule has 17 heavy (non-hydrogen) atoms. The number of benzene rings is 1. The van der Waals surface area contributed by atoms with Crippen LogP contribution in [0.4, 0.5) is 0 Å². The summed E-state index contributed by atoms with van der Waals surface area (Å²) in [4.78, 5) is 15.3. The number of carbonyl (C=O) groups excluding carboxylic acids is 1. The largest absolute Gasteiger partial charge is 0.368 e. The first-order valence-electron chi connectivity index (χ1n) is 5.46. The quantitative estimate of drug-likeness (QED) is 0.794. The summed E-state index contributed by atoms with van der Waals surface area (Å²) in [5.74, 6) is 0.471. The second kappa shape index (κ2) is 4.18. The van der Waals surface area contributed by atoms with Crippen LogP contribution in [0.3, 0.4) is 0 Å². The minimum Gasteiger partial charge on any atom is -0.368 e. The van der Waals surface area contributed by atoms with Crippen molar-refractivity contribution in [2.45, 2.75) is 19.4 Å². The van der Waals surface area contributed by atoms with Gasteiger partial charge in [-0.3, -0.25) is 4.79 Å². The van der Waals surface area contributed by atoms with E-state index in [4.69, 9.17) is 11.5 Å². The summed E-state index contributed by atoms with van der Waals surface area (Å²) in [5, 5.41) is 0. The maximum Gasteiger partial charge on any atom is 0.234 e. The number of rotatable bonds is 3. The van der Waals surface area contributed by atoms with E-state index in [1.54, 1.807) is 0 Å². The van der Waals surface area contributed by atoms with E-state index in [9.17, 15) is 4.79 Å². The fourth-order valence-corrected chi connectivity index (χ4v) is 1.85. The van der Waals surface area contributed by atoms with Crippen molar-refractivity contribution in [3.8, 4) is 0 Å². The third kappa shape index (κ3) is 2.14. The van der Waals surface area contributed by atoms with Crippen LogP contribution in [0, 0.1) is 6.92 Å². The van der Waals surface area contributed by atoms with Crippen LogP contribution in [0.1, 0.15) is 11.4 Å². The van der Waals surface area contributed by atoms with E-state index in [-0.39, 0.29) is 0 Å². The summed E-state index contributed by atoms with van der Waals surface area (Å²) < 4.78 is 2.02. The van der Waals surface area contributed by atoms with E-state index in [1.165, 1.54) is 0 Å². The summed E-state index contributed by atoms with van der Waals surface area (Å²) in [6, 6.07) is 5.24. The maximum absolute atomic E-state index is 10.9. The van der Waals surface area contributed by atoms with Gasteiger partial charge in [-0.25, -0.2) is 4.98 Å². The Morgan fingerprint density at radius 2 is 2.24 bits per heavy atom. The lowest BCUT2D eigenvalue weighted by Crippen LogP contribution is -2.38. The van der Waals surface area contributed by atoms with Crippen molar-refractivity contribution in [3.05, 3.63) is 29.6 Å². The zero-order valence-electron chi connectivity index (χ0n) is 9.97. The first-order valence-corrected chi connectivity index (χ1v) is 5.46. The van der Waals surface area contributed by atoms with Crippen molar-refractivity contribution >= 4 is 16.9 Å². The third-order valence-corrected chi connectivity index (χ3v) is 2.99. The van der Waals surface area contributed by atoms with Gasteiger partial charge >= 0.3 is 0 Å². The molecule has 1 heterocycles. The van der Waals surface area contributed by atoms with Crippen LogP contribution in [0.2, 0.25) is 0 Å². The van der Waals surface area contributed by atoms with Gasteiger partial charge in [0.25, 0.3) is 0 Å². The highest BCUT2D eigenvalue weighted by atomic mass is 16.1. The van der Waals surface area contributed by atoms with Crippen molar-refractivity contribution in [2.75, 3.05) is 0 Å². The van der Waals surface area contributed by atoms with Gasteiger partial charge in [0.1, 0.15) is 5.82 Å². The number of primary amides is 1. The smallest absolute Gasteiger partial charge is 0.234 e. The van der Waals surface area contributed by atoms with E-state index in [0.29, 0.717) is 6.42 Å². The molecule has 90 valence electrons. The molecule has 2 aromatic rings. The van der Waals surface area contributed by atoms with Gasteiger partial charge in [0.15, 0.2) is 0 Å². The van der Waals surface area contributed by atoms with Crippen LogP contribution in [-0.4, -0.2) is 21.5 Å². The van der Waals surface area contributed by atoms with Gasteiger partial charge in [0.05, 0.1) is 17.1 Å². The molecule has 1 atom stereocenters. The molecular weight excluding hydrogens is 216 g/mol. The Balaban J connectivity index is 2.35. The minimum absolute atomic E-state index is 0.445. The molecule has 0 saturated heterocycles. The fourth-order valence-electron chi connectivity index (χ4n) is 1.85. The van der Waals surface area contributed by atoms with Gasteiger partial charge in [-0.1, -0.05) is 6.07 Å². The molecule has 0 spiro atoms. The molecule has 0 aliphatic carbocycles. The van der Waals surface area contributed by atoms with Crippen molar-refractivity contribution in [3.63, 3.8) is 0 Å². The molecule has 0 saturated carbocycles. The third-order valence-electron chi connectivity index (χ3n) is 2.99. The minimum atomic E-state index is -0.641. The molecule has 0 aliphatic rings. The van der Waals surface area contributed by atoms with Crippen molar-refractivity contribution < 1.29 is 4.79 Å². The van der Waals surface area contributed by atoms with Gasteiger partial charge in [-0.2, -0.15) is 0 Å². The topological polar surface area (TPSA) is 86.9 Å². The highest BCUT2D eigenvalue weighted by Crippen LogP contribution is 2.17. The summed E-state index contributed by atoms with van der Waals surface area (Å²) in [7, 11) is 1.97. The number of hydrogen-bond acceptors (Lipinski definition) is 3. The van der Waals surface area contributed by atoms with Gasteiger partial charge in [0, 0.05) is 7.05 Å². The normalized spacial score (nSPS) is 12.9. The molecule has 2 rings (SSSR count). The summed E-state index contributed by atoms with van der Waals surface area (Å²) in [6.07, 6.45) is 0.445. The Morgan fingerprint density at radius 1 is 1.53 bits per heavy atom. The molecule has 0 bridgehead atoms. The number of amides is 1. The number of aryl methyl sites for hydroxylation is 2. The Hall–Kier alpha value is -1.88. The predicted octanol–water partition coefficient (Wildman–Crippen LogP) is 0.237. The Bertz CT molecular complexity index is 573. The summed E-state index contributed by atoms with van der Waals surface area (Å²) in [6.45, 7) is 1.95. The molecule has 0 fully saturated rings. The monoisotopic (exact) mass is 232 g/mol. The number of hydrogen-bond donors (Lipinski definition) is 2. The molecule has 1 amide bonds. The van der Waals surface area contributed by atoms with Crippen LogP contribution in [0.25, 0.3) is 11.0 Å². The average molecular weight is 232 g/mol. The van der Waals surface area contributed by atoms with Crippen LogP contribution < -0.4 is 11.5 Å². The van der Waals surface area contributed by atoms with Crippen LogP contribution >= 0.6 is 0 Å². The number of nitrogens with two attached hydrogens (primary N) is 2. The first-order chi connectivity index (χ1) is 7.99. The lowest BCUT2D eigenvalue weighted by Gasteiger charge is -2.07. The number of nitrogens with zero attached hydrogens (tertiary/aromatic N) is 2. The standard InChI is InChI=1S/C12H16N4O/c1-7-15-10-6-8(5-9(13)12(14)17)3-4-11(10)16(7)2/h3-4,6,9H,5,13H2,1-2H3,(H2,14,17). The lowest BCUT2D eigenvalue weighted by atomic mass is 10.1. The average Bonchev–Trinajstić information content (AvgIpc) is 2.54. The molecule has 1 unspecified atom stereocenters. The Morgan fingerprint density at radius 3 is 2.88 bits per heavy atom.